The SMILES string of the molecule is Cc1ccc(N2C(=O)[C@@H]3[C@H](C2=O)[C@@H](C(=O)OC(c2ccccc2)c2ccccc2)N2c4ccccc4C=C[C@@H]32)c(C)c1. The Kier molecular flexibility index (Phi) is 6.27. The minimum absolute atomic E-state index is 0.283. The number of carbonyl (C=O) groups excluding carboxylic acids is 3. The number of amides is 2. The predicted octanol–water partition coefficient (Wildman–Crippen LogP) is 6.03. The highest BCUT2D eigenvalue weighted by Gasteiger charge is 2.65. The molecule has 42 heavy (non-hydrogen) atoms. The summed E-state index contributed by atoms with van der Waals surface area (Å²) >= 11 is 0. The Hall–Kier alpha value is -4.97. The number of hydrogen-bond donors (Lipinski definition) is 0. The molecule has 2 amide bonds. The van der Waals surface area contributed by atoms with Crippen LogP contribution in [0, 0.1) is 25.7 Å². The molecular weight excluding hydrogens is 524 g/mol. The second-order valence-corrected chi connectivity index (χ2v) is 11.3. The van der Waals surface area contributed by atoms with Crippen molar-refractivity contribution in [2.45, 2.75) is 32.0 Å². The zero-order valence-corrected chi connectivity index (χ0v) is 23.4. The molecule has 4 aromatic carbocycles. The van der Waals surface area contributed by atoms with Gasteiger partial charge in [0.1, 0.15) is 6.04 Å². The highest BCUT2D eigenvalue weighted by Crippen LogP contribution is 2.50. The summed E-state index contributed by atoms with van der Waals surface area (Å²) in [5.41, 5.74) is 5.85. The average molecular weight is 555 g/mol. The minimum Gasteiger partial charge on any atom is -0.451 e. The van der Waals surface area contributed by atoms with E-state index >= 15 is 0 Å². The van der Waals surface area contributed by atoms with Crippen molar-refractivity contribution in [3.05, 3.63) is 137 Å². The van der Waals surface area contributed by atoms with Gasteiger partial charge < -0.3 is 9.64 Å². The van der Waals surface area contributed by atoms with Gasteiger partial charge in [-0.2, -0.15) is 0 Å². The van der Waals surface area contributed by atoms with E-state index in [2.05, 4.69) is 0 Å². The largest absolute Gasteiger partial charge is 0.451 e. The van der Waals surface area contributed by atoms with E-state index in [0.29, 0.717) is 5.69 Å². The minimum atomic E-state index is -0.978. The first-order valence-electron chi connectivity index (χ1n) is 14.2. The third kappa shape index (κ3) is 4.05. The Morgan fingerprint density at radius 2 is 1.36 bits per heavy atom. The summed E-state index contributed by atoms with van der Waals surface area (Å²) in [4.78, 5) is 46.1. The van der Waals surface area contributed by atoms with Crippen molar-refractivity contribution in [2.24, 2.45) is 11.8 Å². The molecule has 3 heterocycles. The predicted molar refractivity (Wildman–Crippen MR) is 162 cm³/mol. The van der Waals surface area contributed by atoms with Crippen molar-refractivity contribution in [3.8, 4) is 0 Å². The lowest BCUT2D eigenvalue weighted by Crippen LogP contribution is -2.49. The van der Waals surface area contributed by atoms with Crippen molar-refractivity contribution in [1.82, 2.24) is 0 Å². The molecule has 0 unspecified atom stereocenters. The molecule has 6 heteroatoms. The van der Waals surface area contributed by atoms with Crippen molar-refractivity contribution < 1.29 is 19.1 Å². The van der Waals surface area contributed by atoms with Crippen LogP contribution in [-0.4, -0.2) is 29.9 Å². The zero-order valence-electron chi connectivity index (χ0n) is 23.4. The van der Waals surface area contributed by atoms with Crippen molar-refractivity contribution in [1.29, 1.82) is 0 Å². The molecule has 0 radical (unpaired) electrons. The molecule has 2 saturated heterocycles. The fraction of sp³-hybridized carbons (Fsp3) is 0.194. The van der Waals surface area contributed by atoms with Gasteiger partial charge in [0.05, 0.1) is 23.6 Å². The first-order chi connectivity index (χ1) is 20.4. The third-order valence-corrected chi connectivity index (χ3v) is 8.69. The summed E-state index contributed by atoms with van der Waals surface area (Å²) in [6.07, 6.45) is 3.27. The summed E-state index contributed by atoms with van der Waals surface area (Å²) in [6.45, 7) is 3.87. The molecule has 7 rings (SSSR count). The van der Waals surface area contributed by atoms with Crippen LogP contribution in [0.3, 0.4) is 0 Å². The van der Waals surface area contributed by atoms with Crippen molar-refractivity contribution in [3.63, 3.8) is 0 Å². The second-order valence-electron chi connectivity index (χ2n) is 11.3. The van der Waals surface area contributed by atoms with Crippen LogP contribution in [0.2, 0.25) is 0 Å². The fourth-order valence-corrected chi connectivity index (χ4v) is 6.85. The number of esters is 1. The highest BCUT2D eigenvalue weighted by atomic mass is 16.5. The molecule has 3 aliphatic heterocycles. The Labute approximate surface area is 244 Å². The molecule has 208 valence electrons. The maximum absolute atomic E-state index is 14.4. The molecule has 4 atom stereocenters. The number of imide groups is 1. The maximum Gasteiger partial charge on any atom is 0.330 e. The molecule has 0 saturated carbocycles. The molecule has 0 aliphatic carbocycles. The van der Waals surface area contributed by atoms with E-state index in [1.165, 1.54) is 4.90 Å². The molecule has 2 fully saturated rings. The topological polar surface area (TPSA) is 66.9 Å². The van der Waals surface area contributed by atoms with Crippen LogP contribution < -0.4 is 9.80 Å². The number of anilines is 2. The fourth-order valence-electron chi connectivity index (χ4n) is 6.85. The van der Waals surface area contributed by atoms with Crippen LogP contribution in [0.4, 0.5) is 11.4 Å². The molecule has 0 bridgehead atoms. The van der Waals surface area contributed by atoms with E-state index in [1.807, 2.05) is 134 Å². The van der Waals surface area contributed by atoms with Gasteiger partial charge in [0.15, 0.2) is 6.10 Å². The Morgan fingerprint density at radius 3 is 2.02 bits per heavy atom. The maximum atomic E-state index is 14.4. The van der Waals surface area contributed by atoms with Gasteiger partial charge in [-0.15, -0.1) is 0 Å². The first-order valence-corrected chi connectivity index (χ1v) is 14.2. The lowest BCUT2D eigenvalue weighted by molar-refractivity contribution is -0.151. The summed E-state index contributed by atoms with van der Waals surface area (Å²) < 4.78 is 6.36. The van der Waals surface area contributed by atoms with Crippen molar-refractivity contribution >= 4 is 35.2 Å². The van der Waals surface area contributed by atoms with E-state index in [-0.39, 0.29) is 11.8 Å². The molecule has 6 nitrogen and oxygen atoms in total. The van der Waals surface area contributed by atoms with Crippen LogP contribution in [0.1, 0.15) is 33.9 Å². The highest BCUT2D eigenvalue weighted by molar-refractivity contribution is 6.25. The molecule has 4 aromatic rings. The van der Waals surface area contributed by atoms with Crippen LogP contribution in [-0.2, 0) is 19.1 Å². The van der Waals surface area contributed by atoms with E-state index < -0.39 is 36.0 Å². The van der Waals surface area contributed by atoms with Crippen LogP contribution >= 0.6 is 0 Å². The second kappa shape index (κ2) is 10.1. The van der Waals surface area contributed by atoms with Crippen LogP contribution in [0.5, 0.6) is 0 Å². The Bertz CT molecular complexity index is 1690. The van der Waals surface area contributed by atoms with E-state index in [1.54, 1.807) is 0 Å². The van der Waals surface area contributed by atoms with E-state index in [0.717, 1.165) is 33.5 Å². The molecular formula is C36H30N2O4. The lowest BCUT2D eigenvalue weighted by atomic mass is 9.88. The van der Waals surface area contributed by atoms with Gasteiger partial charge in [-0.25, -0.2) is 9.69 Å². The normalized spacial score (nSPS) is 22.3. The Balaban J connectivity index is 1.32. The van der Waals surface area contributed by atoms with Gasteiger partial charge in [-0.1, -0.05) is 109 Å². The monoisotopic (exact) mass is 554 g/mol. The molecule has 0 N–H and O–H groups in total. The number of hydrogen-bond acceptors (Lipinski definition) is 5. The number of nitrogens with zero attached hydrogens (tertiary/aromatic N) is 2. The smallest absolute Gasteiger partial charge is 0.330 e. The zero-order chi connectivity index (χ0) is 29.0. The van der Waals surface area contributed by atoms with Crippen LogP contribution in [0.25, 0.3) is 6.08 Å². The summed E-state index contributed by atoms with van der Waals surface area (Å²) in [6, 6.07) is 31.2. The lowest BCUT2D eigenvalue weighted by Gasteiger charge is -2.36. The number of carbonyl (C=O) groups is 3. The molecule has 0 aromatic heterocycles. The Morgan fingerprint density at radius 1 is 0.738 bits per heavy atom. The van der Waals surface area contributed by atoms with Gasteiger partial charge in [0.2, 0.25) is 11.8 Å². The molecule has 3 aliphatic rings. The van der Waals surface area contributed by atoms with Crippen molar-refractivity contribution in [2.75, 3.05) is 9.80 Å². The number of para-hydroxylation sites is 1. The number of rotatable bonds is 5. The quantitative estimate of drug-likeness (QED) is 0.223. The van der Waals surface area contributed by atoms with Crippen LogP contribution in [0.15, 0.2) is 109 Å². The van der Waals surface area contributed by atoms with Gasteiger partial charge in [-0.3, -0.25) is 9.59 Å². The van der Waals surface area contributed by atoms with Gasteiger partial charge in [0.25, 0.3) is 0 Å². The summed E-state index contributed by atoms with van der Waals surface area (Å²) in [5.74, 6) is -2.78. The number of fused-ring (bicyclic) bond motifs is 5. The first kappa shape index (κ1) is 26.0. The van der Waals surface area contributed by atoms with Gasteiger partial charge in [-0.05, 0) is 48.2 Å². The number of ether oxygens (including phenoxy) is 1. The summed E-state index contributed by atoms with van der Waals surface area (Å²) in [5, 5.41) is 0. The average Bonchev–Trinajstić information content (AvgIpc) is 3.49. The van der Waals surface area contributed by atoms with Gasteiger partial charge >= 0.3 is 5.97 Å². The third-order valence-electron chi connectivity index (χ3n) is 8.69. The number of aryl methyl sites for hydroxylation is 2. The number of benzene rings is 4. The standard InChI is InChI=1S/C36H30N2O4/c1-22-17-19-27(23(2)21-22)38-34(39)30-29-20-18-24-11-9-10-16-28(24)37(29)32(31(30)35(38)40)36(41)42-33(25-12-5-3-6-13-25)26-14-7-4-8-15-26/h3-21,29-33H,1-2H3/t29-,30-,31-,32-/m0/s1. The van der Waals surface area contributed by atoms with E-state index in [4.69, 9.17) is 4.74 Å². The summed E-state index contributed by atoms with van der Waals surface area (Å²) in [7, 11) is 0. The van der Waals surface area contributed by atoms with Gasteiger partial charge in [0, 0.05) is 5.69 Å². The molecule has 0 spiro atoms. The van der Waals surface area contributed by atoms with E-state index in [9.17, 15) is 14.4 Å².